The molecule has 1 heterocycles. The number of thiazole rings is 1. The van der Waals surface area contributed by atoms with E-state index >= 15 is 0 Å². The van der Waals surface area contributed by atoms with Crippen LogP contribution < -0.4 is 0 Å². The molecule has 2 aromatic rings. The summed E-state index contributed by atoms with van der Waals surface area (Å²) in [6.07, 6.45) is 4.10. The first-order chi connectivity index (χ1) is 15.6. The number of fused-ring (bicyclic) bond motifs is 7. The van der Waals surface area contributed by atoms with Crippen molar-refractivity contribution in [2.45, 2.75) is 77.3 Å². The van der Waals surface area contributed by atoms with Crippen molar-refractivity contribution >= 4 is 17.1 Å². The summed E-state index contributed by atoms with van der Waals surface area (Å²) >= 11 is 1.70. The van der Waals surface area contributed by atoms with Gasteiger partial charge in [-0.3, -0.25) is 4.79 Å². The molecule has 0 spiro atoms. The molecule has 4 aliphatic carbocycles. The zero-order chi connectivity index (χ0) is 23.2. The molecule has 6 atom stereocenters. The van der Waals surface area contributed by atoms with Crippen molar-refractivity contribution < 1.29 is 18.0 Å². The highest BCUT2D eigenvalue weighted by atomic mass is 32.1. The fourth-order valence-corrected chi connectivity index (χ4v) is 9.56. The Balaban J connectivity index is 1.30. The molecule has 0 aliphatic heterocycles. The molecular weight excluding hydrogens is 443 g/mol. The van der Waals surface area contributed by atoms with E-state index in [1.165, 1.54) is 11.3 Å². The highest BCUT2D eigenvalue weighted by Gasteiger charge is 2.60. The summed E-state index contributed by atoms with van der Waals surface area (Å²) in [4.78, 5) is 18.9. The van der Waals surface area contributed by atoms with E-state index in [-0.39, 0.29) is 10.8 Å². The quantitative estimate of drug-likeness (QED) is 0.425. The van der Waals surface area contributed by atoms with Gasteiger partial charge >= 0.3 is 6.18 Å². The van der Waals surface area contributed by atoms with Crippen molar-refractivity contribution in [1.82, 2.24) is 4.98 Å². The van der Waals surface area contributed by atoms with Crippen LogP contribution in [0.25, 0.3) is 10.6 Å². The van der Waals surface area contributed by atoms with Gasteiger partial charge in [0.25, 0.3) is 0 Å². The first-order valence-electron chi connectivity index (χ1n) is 12.3. The van der Waals surface area contributed by atoms with Crippen LogP contribution in [0.4, 0.5) is 13.2 Å². The van der Waals surface area contributed by atoms with Crippen LogP contribution in [-0.4, -0.2) is 10.8 Å². The minimum Gasteiger partial charge on any atom is -0.299 e. The molecule has 1 aromatic carbocycles. The normalized spacial score (nSPS) is 37.8. The minimum absolute atomic E-state index is 0.0928. The van der Waals surface area contributed by atoms with Crippen LogP contribution in [-0.2, 0) is 17.4 Å². The molecule has 0 bridgehead atoms. The third-order valence-corrected chi connectivity index (χ3v) is 11.2. The smallest absolute Gasteiger partial charge is 0.299 e. The summed E-state index contributed by atoms with van der Waals surface area (Å²) in [6.45, 7) is 4.71. The summed E-state index contributed by atoms with van der Waals surface area (Å²) < 4.78 is 38.9. The van der Waals surface area contributed by atoms with Crippen molar-refractivity contribution in [3.63, 3.8) is 0 Å². The Hall–Kier alpha value is -1.69. The van der Waals surface area contributed by atoms with Gasteiger partial charge in [0.05, 0.1) is 11.3 Å². The Morgan fingerprint density at radius 3 is 2.45 bits per heavy atom. The largest absolute Gasteiger partial charge is 0.416 e. The lowest BCUT2D eigenvalue weighted by Crippen LogP contribution is -2.52. The molecule has 1 aromatic heterocycles. The van der Waals surface area contributed by atoms with Gasteiger partial charge in [0.15, 0.2) is 0 Å². The van der Waals surface area contributed by atoms with Crippen LogP contribution in [0.1, 0.15) is 80.8 Å². The van der Waals surface area contributed by atoms with Crippen molar-refractivity contribution in [1.29, 1.82) is 0 Å². The molecule has 0 radical (unpaired) electrons. The molecule has 33 heavy (non-hydrogen) atoms. The Bertz CT molecular complexity index is 1110. The van der Waals surface area contributed by atoms with Gasteiger partial charge in [0.1, 0.15) is 10.8 Å². The Kier molecular flexibility index (Phi) is 4.73. The van der Waals surface area contributed by atoms with Gasteiger partial charge in [-0.05, 0) is 80.2 Å². The number of rotatable bonds is 1. The maximum Gasteiger partial charge on any atom is 0.416 e. The molecule has 6 rings (SSSR count). The van der Waals surface area contributed by atoms with E-state index in [1.54, 1.807) is 23.5 Å². The monoisotopic (exact) mass is 473 g/mol. The minimum atomic E-state index is -4.32. The summed E-state index contributed by atoms with van der Waals surface area (Å²) in [5, 5.41) is 0.845. The molecule has 3 fully saturated rings. The number of hydrogen-bond donors (Lipinski definition) is 0. The van der Waals surface area contributed by atoms with Gasteiger partial charge in [-0.1, -0.05) is 26.0 Å². The van der Waals surface area contributed by atoms with E-state index < -0.39 is 11.7 Å². The third-order valence-electron chi connectivity index (χ3n) is 9.98. The molecule has 1 unspecified atom stereocenters. The maximum atomic E-state index is 13.0. The van der Waals surface area contributed by atoms with Gasteiger partial charge in [0.2, 0.25) is 0 Å². The first kappa shape index (κ1) is 21.8. The summed E-state index contributed by atoms with van der Waals surface area (Å²) in [6, 6.07) is 5.44. The van der Waals surface area contributed by atoms with Crippen LogP contribution in [0.15, 0.2) is 24.3 Å². The van der Waals surface area contributed by atoms with Gasteiger partial charge in [-0.25, -0.2) is 4.98 Å². The molecular formula is C27H30F3NOS. The van der Waals surface area contributed by atoms with Crippen LogP contribution in [0, 0.1) is 28.6 Å². The second-order valence-electron chi connectivity index (χ2n) is 11.3. The highest BCUT2D eigenvalue weighted by Crippen LogP contribution is 2.67. The lowest BCUT2D eigenvalue weighted by molar-refractivity contribution is -0.137. The van der Waals surface area contributed by atoms with Gasteiger partial charge in [0, 0.05) is 28.2 Å². The third kappa shape index (κ3) is 3.11. The molecule has 3 saturated carbocycles. The fourth-order valence-electron chi connectivity index (χ4n) is 8.15. The van der Waals surface area contributed by atoms with E-state index in [4.69, 9.17) is 4.98 Å². The second-order valence-corrected chi connectivity index (χ2v) is 12.4. The lowest BCUT2D eigenvalue weighted by atomic mass is 9.46. The van der Waals surface area contributed by atoms with E-state index in [2.05, 4.69) is 13.8 Å². The van der Waals surface area contributed by atoms with Crippen molar-refractivity contribution in [3.05, 3.63) is 40.4 Å². The van der Waals surface area contributed by atoms with Crippen LogP contribution in [0.3, 0.4) is 0 Å². The van der Waals surface area contributed by atoms with Crippen molar-refractivity contribution in [2.75, 3.05) is 0 Å². The highest BCUT2D eigenvalue weighted by molar-refractivity contribution is 7.15. The molecule has 6 heteroatoms. The number of nitrogens with zero attached hydrogens (tertiary/aromatic N) is 1. The van der Waals surface area contributed by atoms with Gasteiger partial charge < -0.3 is 0 Å². The van der Waals surface area contributed by atoms with E-state index in [0.29, 0.717) is 29.5 Å². The Morgan fingerprint density at radius 2 is 1.73 bits per heavy atom. The second kappa shape index (κ2) is 7.16. The number of ketones is 1. The van der Waals surface area contributed by atoms with Gasteiger partial charge in [-0.15, -0.1) is 11.3 Å². The number of hydrogen-bond acceptors (Lipinski definition) is 3. The zero-order valence-electron chi connectivity index (χ0n) is 19.2. The summed E-state index contributed by atoms with van der Waals surface area (Å²) in [5.41, 5.74) is 1.45. The van der Waals surface area contributed by atoms with Gasteiger partial charge in [-0.2, -0.15) is 13.2 Å². The number of aromatic nitrogens is 1. The number of carbonyl (C=O) groups excluding carboxylic acids is 1. The van der Waals surface area contributed by atoms with Crippen LogP contribution >= 0.6 is 11.3 Å². The van der Waals surface area contributed by atoms with Crippen LogP contribution in [0.2, 0.25) is 0 Å². The number of Topliss-reactive ketones (excluding diaryl/α,β-unsaturated/α-hetero) is 1. The van der Waals surface area contributed by atoms with Crippen molar-refractivity contribution in [3.8, 4) is 10.6 Å². The van der Waals surface area contributed by atoms with Crippen molar-refractivity contribution in [2.24, 2.45) is 28.6 Å². The molecule has 176 valence electrons. The average molecular weight is 474 g/mol. The SMILES string of the molecule is C[C@]12CCc3nc(-c4ccc(C(F)(F)F)cc4)sc3C1CC[C@@H]1[C@@H]2CC[C@]2(C)C(=O)CC[C@@H]12. The number of benzene rings is 1. The topological polar surface area (TPSA) is 30.0 Å². The maximum absolute atomic E-state index is 13.0. The average Bonchev–Trinajstić information content (AvgIpc) is 3.34. The molecule has 2 nitrogen and oxygen atoms in total. The Morgan fingerprint density at radius 1 is 0.970 bits per heavy atom. The van der Waals surface area contributed by atoms with E-state index in [1.807, 2.05) is 0 Å². The fraction of sp³-hybridized carbons (Fsp3) is 0.630. The lowest BCUT2D eigenvalue weighted by Gasteiger charge is -2.59. The number of carbonyl (C=O) groups is 1. The number of alkyl halides is 3. The Labute approximate surface area is 197 Å². The predicted octanol–water partition coefficient (Wildman–Crippen LogP) is 7.67. The summed E-state index contributed by atoms with van der Waals surface area (Å²) in [5.74, 6) is 2.83. The van der Waals surface area contributed by atoms with Crippen LogP contribution in [0.5, 0.6) is 0 Å². The zero-order valence-corrected chi connectivity index (χ0v) is 20.0. The standard InChI is InChI=1S/C27H30F3NOS/c1-25-14-12-21-23(33-24(31-21)15-3-5-16(6-4-15)27(28,29)30)20(25)8-7-17-18-9-10-22(32)26(18,2)13-11-19(17)25/h3-6,17-20H,7-14H2,1-2H3/t17-,18-,19-,20?,25+,26-/m0/s1. The predicted molar refractivity (Wildman–Crippen MR) is 123 cm³/mol. The molecule has 0 amide bonds. The number of halogens is 3. The molecule has 0 saturated heterocycles. The first-order valence-corrected chi connectivity index (χ1v) is 13.1. The van der Waals surface area contributed by atoms with E-state index in [0.717, 1.165) is 73.3 Å². The molecule has 0 N–H and O–H groups in total. The molecule has 4 aliphatic rings. The number of aryl methyl sites for hydroxylation is 1. The summed E-state index contributed by atoms with van der Waals surface area (Å²) in [7, 11) is 0. The van der Waals surface area contributed by atoms with E-state index in [9.17, 15) is 18.0 Å².